The first-order valence-corrected chi connectivity index (χ1v) is 14.5. The van der Waals surface area contributed by atoms with Crippen molar-refractivity contribution in [2.45, 2.75) is 65.8 Å². The lowest BCUT2D eigenvalue weighted by molar-refractivity contribution is 0.0896. The molecule has 2 amide bonds. The molecule has 42 heavy (non-hydrogen) atoms. The zero-order valence-electron chi connectivity index (χ0n) is 25.0. The van der Waals surface area contributed by atoms with Crippen LogP contribution in [0.1, 0.15) is 72.4 Å². The third-order valence-electron chi connectivity index (χ3n) is 6.67. The zero-order chi connectivity index (χ0) is 30.5. The summed E-state index contributed by atoms with van der Waals surface area (Å²) in [6.07, 6.45) is 1.35. The molecule has 8 nitrogen and oxygen atoms in total. The van der Waals surface area contributed by atoms with E-state index in [1.807, 2.05) is 64.1 Å². The Balaban J connectivity index is 1.63. The minimum absolute atomic E-state index is 0.127. The Labute approximate surface area is 249 Å². The first kappa shape index (κ1) is 32.6. The molecule has 8 heteroatoms. The van der Waals surface area contributed by atoms with Gasteiger partial charge in [-0.2, -0.15) is 0 Å². The normalized spacial score (nSPS) is 12.6. The van der Waals surface area contributed by atoms with Crippen LogP contribution >= 0.6 is 0 Å². The predicted octanol–water partition coefficient (Wildman–Crippen LogP) is 5.12. The summed E-state index contributed by atoms with van der Waals surface area (Å²) in [4.78, 5) is 25.9. The Bertz CT molecular complexity index is 1200. The van der Waals surface area contributed by atoms with E-state index in [0.717, 1.165) is 11.1 Å². The van der Waals surface area contributed by atoms with E-state index in [4.69, 9.17) is 9.47 Å². The van der Waals surface area contributed by atoms with Gasteiger partial charge < -0.3 is 30.3 Å². The van der Waals surface area contributed by atoms with Gasteiger partial charge in [0.2, 0.25) is 0 Å². The lowest BCUT2D eigenvalue weighted by Gasteiger charge is -2.19. The monoisotopic (exact) mass is 576 g/mol. The molecule has 2 atom stereocenters. The molecule has 0 radical (unpaired) electrons. The number of hydrogen-bond donors (Lipinski definition) is 4. The molecular formula is C34H44N2O6. The maximum atomic E-state index is 12.9. The highest BCUT2D eigenvalue weighted by Gasteiger charge is 2.19. The van der Waals surface area contributed by atoms with Crippen LogP contribution < -0.4 is 20.1 Å². The maximum absolute atomic E-state index is 12.9. The lowest BCUT2D eigenvalue weighted by atomic mass is 10.0. The van der Waals surface area contributed by atoms with Gasteiger partial charge in [-0.05, 0) is 66.1 Å². The molecule has 0 aliphatic rings. The van der Waals surface area contributed by atoms with Crippen molar-refractivity contribution in [3.8, 4) is 11.5 Å². The molecule has 4 N–H and O–H groups in total. The molecule has 3 aromatic rings. The van der Waals surface area contributed by atoms with Gasteiger partial charge in [-0.1, -0.05) is 70.2 Å². The molecule has 0 heterocycles. The third-order valence-corrected chi connectivity index (χ3v) is 6.67. The molecule has 226 valence electrons. The molecular weight excluding hydrogens is 532 g/mol. The van der Waals surface area contributed by atoms with Gasteiger partial charge in [0.05, 0.1) is 36.4 Å². The van der Waals surface area contributed by atoms with Crippen LogP contribution in [0.3, 0.4) is 0 Å². The van der Waals surface area contributed by atoms with E-state index in [9.17, 15) is 19.8 Å². The molecule has 0 aromatic heterocycles. The minimum atomic E-state index is -0.324. The number of hydrogen-bond acceptors (Lipinski definition) is 6. The van der Waals surface area contributed by atoms with Crippen molar-refractivity contribution in [3.05, 3.63) is 95.1 Å². The summed E-state index contributed by atoms with van der Waals surface area (Å²) in [5, 5.41) is 25.1. The first-order valence-electron chi connectivity index (χ1n) is 14.5. The van der Waals surface area contributed by atoms with Crippen molar-refractivity contribution >= 4 is 11.8 Å². The fraction of sp³-hybridized carbons (Fsp3) is 0.412. The molecule has 0 unspecified atom stereocenters. The SMILES string of the molecule is CC(C)C[C@@H](CO)NC(=O)c1ccccc1OCc1cccc(COc2ccccc2C(=O)N[C@H](CO)CC(C)C)c1. The number of carbonyl (C=O) groups is 2. The van der Waals surface area contributed by atoms with Gasteiger partial charge in [0.15, 0.2) is 0 Å². The van der Waals surface area contributed by atoms with E-state index in [0.29, 0.717) is 47.3 Å². The molecule has 0 saturated heterocycles. The lowest BCUT2D eigenvalue weighted by Crippen LogP contribution is -2.38. The predicted molar refractivity (Wildman–Crippen MR) is 164 cm³/mol. The molecule has 0 saturated carbocycles. The van der Waals surface area contributed by atoms with Crippen molar-refractivity contribution in [3.63, 3.8) is 0 Å². The summed E-state index contributed by atoms with van der Waals surface area (Å²) in [6, 6.07) is 21.2. The summed E-state index contributed by atoms with van der Waals surface area (Å²) >= 11 is 0. The second-order valence-electron chi connectivity index (χ2n) is 11.4. The Kier molecular flexibility index (Phi) is 12.8. The van der Waals surface area contributed by atoms with Crippen LogP contribution in [0.25, 0.3) is 0 Å². The van der Waals surface area contributed by atoms with Crippen molar-refractivity contribution in [2.24, 2.45) is 11.8 Å². The number of aliphatic hydroxyl groups excluding tert-OH is 2. The van der Waals surface area contributed by atoms with Crippen LogP contribution in [0.2, 0.25) is 0 Å². The number of nitrogens with one attached hydrogen (secondary N) is 2. The summed E-state index contributed by atoms with van der Waals surface area (Å²) in [6.45, 7) is 8.41. The topological polar surface area (TPSA) is 117 Å². The number of aliphatic hydroxyl groups is 2. The average Bonchev–Trinajstić information content (AvgIpc) is 2.98. The first-order chi connectivity index (χ1) is 20.2. The summed E-state index contributed by atoms with van der Waals surface area (Å²) in [5.41, 5.74) is 2.60. The molecule has 3 rings (SSSR count). The van der Waals surface area contributed by atoms with Gasteiger partial charge in [0.1, 0.15) is 24.7 Å². The van der Waals surface area contributed by atoms with Crippen molar-refractivity contribution in [1.82, 2.24) is 10.6 Å². The standard InChI is InChI=1S/C34H44N2O6/c1-23(2)16-27(19-37)35-33(39)29-12-5-7-14-31(29)41-21-25-10-9-11-26(18-25)22-42-32-15-8-6-13-30(32)34(40)36-28(20-38)17-24(3)4/h5-15,18,23-24,27-28,37-38H,16-17,19-22H2,1-4H3,(H,35,39)(H,36,40)/t27-,28-/m0/s1. The molecule has 0 aliphatic carbocycles. The number of rotatable bonds is 16. The van der Waals surface area contributed by atoms with Crippen LogP contribution in [0.5, 0.6) is 11.5 Å². The number of para-hydroxylation sites is 2. The quantitative estimate of drug-likeness (QED) is 0.188. The second kappa shape index (κ2) is 16.5. The largest absolute Gasteiger partial charge is 0.488 e. The Morgan fingerprint density at radius 1 is 0.643 bits per heavy atom. The van der Waals surface area contributed by atoms with Gasteiger partial charge in [-0.15, -0.1) is 0 Å². The van der Waals surface area contributed by atoms with Crippen molar-refractivity contribution in [2.75, 3.05) is 13.2 Å². The molecule has 0 aliphatic heterocycles. The van der Waals surface area contributed by atoms with E-state index in [1.165, 1.54) is 0 Å². The van der Waals surface area contributed by atoms with Gasteiger partial charge in [0, 0.05) is 0 Å². The fourth-order valence-electron chi connectivity index (χ4n) is 4.71. The zero-order valence-corrected chi connectivity index (χ0v) is 25.0. The summed E-state index contributed by atoms with van der Waals surface area (Å²) < 4.78 is 12.1. The van der Waals surface area contributed by atoms with Gasteiger partial charge in [-0.25, -0.2) is 0 Å². The number of carbonyl (C=O) groups excluding carboxylic acids is 2. The van der Waals surface area contributed by atoms with E-state index in [1.54, 1.807) is 36.4 Å². The highest BCUT2D eigenvalue weighted by Crippen LogP contribution is 2.22. The summed E-state index contributed by atoms with van der Waals surface area (Å²) in [5.74, 6) is 1.01. The molecule has 0 fully saturated rings. The molecule has 0 bridgehead atoms. The minimum Gasteiger partial charge on any atom is -0.488 e. The van der Waals surface area contributed by atoms with Crippen LogP contribution in [0, 0.1) is 11.8 Å². The fourth-order valence-corrected chi connectivity index (χ4v) is 4.71. The number of ether oxygens (including phenoxy) is 2. The van der Waals surface area contributed by atoms with E-state index >= 15 is 0 Å². The van der Waals surface area contributed by atoms with Crippen LogP contribution in [0.4, 0.5) is 0 Å². The highest BCUT2D eigenvalue weighted by molar-refractivity contribution is 5.97. The van der Waals surface area contributed by atoms with Crippen LogP contribution in [-0.2, 0) is 13.2 Å². The van der Waals surface area contributed by atoms with Crippen molar-refractivity contribution in [1.29, 1.82) is 0 Å². The smallest absolute Gasteiger partial charge is 0.255 e. The van der Waals surface area contributed by atoms with E-state index in [-0.39, 0.29) is 50.3 Å². The highest BCUT2D eigenvalue weighted by atomic mass is 16.5. The maximum Gasteiger partial charge on any atom is 0.255 e. The van der Waals surface area contributed by atoms with Crippen LogP contribution in [0.15, 0.2) is 72.8 Å². The van der Waals surface area contributed by atoms with Gasteiger partial charge >= 0.3 is 0 Å². The Hall–Kier alpha value is -3.88. The number of benzene rings is 3. The van der Waals surface area contributed by atoms with E-state index in [2.05, 4.69) is 10.6 Å². The van der Waals surface area contributed by atoms with Crippen LogP contribution in [-0.4, -0.2) is 47.3 Å². The van der Waals surface area contributed by atoms with Gasteiger partial charge in [0.25, 0.3) is 11.8 Å². The average molecular weight is 577 g/mol. The van der Waals surface area contributed by atoms with Crippen molar-refractivity contribution < 1.29 is 29.3 Å². The van der Waals surface area contributed by atoms with Gasteiger partial charge in [-0.3, -0.25) is 9.59 Å². The Morgan fingerprint density at radius 2 is 1.05 bits per heavy atom. The second-order valence-corrected chi connectivity index (χ2v) is 11.4. The summed E-state index contributed by atoms with van der Waals surface area (Å²) in [7, 11) is 0. The molecule has 0 spiro atoms. The third kappa shape index (κ3) is 10.2. The Morgan fingerprint density at radius 3 is 1.43 bits per heavy atom. The number of amides is 2. The molecule has 3 aromatic carbocycles. The van der Waals surface area contributed by atoms with E-state index < -0.39 is 0 Å².